The van der Waals surface area contributed by atoms with Gasteiger partial charge in [0.15, 0.2) is 0 Å². The maximum absolute atomic E-state index is 9.50. The van der Waals surface area contributed by atoms with E-state index in [1.165, 1.54) is 12.8 Å². The minimum Gasteiger partial charge on any atom is -0.506 e. The van der Waals surface area contributed by atoms with Gasteiger partial charge in [0, 0.05) is 19.1 Å². The Morgan fingerprint density at radius 1 is 1.35 bits per heavy atom. The molecule has 1 fully saturated rings. The number of hydrogen-bond acceptors (Lipinski definition) is 3. The number of aromatic hydroxyl groups is 1. The second kappa shape index (κ2) is 7.30. The smallest absolute Gasteiger partial charge is 0.134 e. The summed E-state index contributed by atoms with van der Waals surface area (Å²) in [4.78, 5) is 2.50. The van der Waals surface area contributed by atoms with E-state index in [0.29, 0.717) is 11.1 Å². The van der Waals surface area contributed by atoms with Crippen LogP contribution in [0.5, 0.6) is 5.75 Å². The second-order valence-electron chi connectivity index (χ2n) is 6.00. The van der Waals surface area contributed by atoms with Crippen molar-refractivity contribution in [3.05, 3.63) is 28.8 Å². The van der Waals surface area contributed by atoms with Gasteiger partial charge in [0.25, 0.3) is 0 Å². The molecule has 20 heavy (non-hydrogen) atoms. The van der Waals surface area contributed by atoms with E-state index < -0.39 is 0 Å². The van der Waals surface area contributed by atoms with Gasteiger partial charge in [-0.3, -0.25) is 4.90 Å². The van der Waals surface area contributed by atoms with Crippen LogP contribution in [0.25, 0.3) is 0 Å². The molecule has 3 nitrogen and oxygen atoms in total. The van der Waals surface area contributed by atoms with Crippen molar-refractivity contribution in [1.29, 1.82) is 0 Å². The third kappa shape index (κ3) is 4.37. The highest BCUT2D eigenvalue weighted by Crippen LogP contribution is 2.25. The van der Waals surface area contributed by atoms with Crippen molar-refractivity contribution in [2.45, 2.75) is 39.3 Å². The lowest BCUT2D eigenvalue weighted by atomic mass is 9.96. The molecule has 2 N–H and O–H groups in total. The fraction of sp³-hybridized carbons (Fsp3) is 0.625. The number of phenolic OH excluding ortho intramolecular Hbond substituents is 1. The molecule has 0 radical (unpaired) electrons. The molecule has 0 amide bonds. The van der Waals surface area contributed by atoms with Crippen molar-refractivity contribution in [2.75, 3.05) is 19.6 Å². The van der Waals surface area contributed by atoms with Crippen LogP contribution in [0, 0.1) is 5.92 Å². The molecule has 0 aromatic heterocycles. The molecule has 1 aromatic rings. The van der Waals surface area contributed by atoms with Crippen molar-refractivity contribution < 1.29 is 5.11 Å². The molecule has 0 aliphatic carbocycles. The Hall–Kier alpha value is -0.770. The van der Waals surface area contributed by atoms with Crippen molar-refractivity contribution in [3.8, 4) is 5.75 Å². The van der Waals surface area contributed by atoms with E-state index in [9.17, 15) is 5.11 Å². The zero-order valence-corrected chi connectivity index (χ0v) is 13.2. The Balaban J connectivity index is 1.99. The highest BCUT2D eigenvalue weighted by Gasteiger charge is 2.19. The highest BCUT2D eigenvalue weighted by atomic mass is 35.5. The van der Waals surface area contributed by atoms with Crippen LogP contribution < -0.4 is 5.32 Å². The summed E-state index contributed by atoms with van der Waals surface area (Å²) in [5, 5.41) is 13.4. The van der Waals surface area contributed by atoms with Crippen molar-refractivity contribution in [3.63, 3.8) is 0 Å². The molecular formula is C16H25ClN2O. The van der Waals surface area contributed by atoms with E-state index in [1.807, 2.05) is 12.1 Å². The van der Waals surface area contributed by atoms with Gasteiger partial charge in [-0.25, -0.2) is 0 Å². The van der Waals surface area contributed by atoms with Crippen LogP contribution in [-0.2, 0) is 6.54 Å². The summed E-state index contributed by atoms with van der Waals surface area (Å²) in [5.74, 6) is 0.941. The Morgan fingerprint density at radius 3 is 2.65 bits per heavy atom. The molecule has 2 rings (SSSR count). The molecule has 1 aromatic carbocycles. The number of hydrogen-bond donors (Lipinski definition) is 2. The van der Waals surface area contributed by atoms with Gasteiger partial charge in [-0.2, -0.15) is 0 Å². The molecular weight excluding hydrogens is 272 g/mol. The van der Waals surface area contributed by atoms with E-state index in [0.717, 1.165) is 37.7 Å². The van der Waals surface area contributed by atoms with Crippen LogP contribution in [0.3, 0.4) is 0 Å². The van der Waals surface area contributed by atoms with Gasteiger partial charge >= 0.3 is 0 Å². The summed E-state index contributed by atoms with van der Waals surface area (Å²) >= 11 is 5.99. The lowest BCUT2D eigenvalue weighted by molar-refractivity contribution is 0.162. The molecule has 1 saturated heterocycles. The SMILES string of the molecule is CC(C)N(Cc1ccc(O)c(Cl)c1)CC1CCNCC1. The molecule has 0 spiro atoms. The minimum absolute atomic E-state index is 0.157. The average Bonchev–Trinajstić information content (AvgIpc) is 2.43. The molecule has 4 heteroatoms. The van der Waals surface area contributed by atoms with Crippen LogP contribution in [0.2, 0.25) is 5.02 Å². The van der Waals surface area contributed by atoms with E-state index in [1.54, 1.807) is 6.07 Å². The number of benzene rings is 1. The van der Waals surface area contributed by atoms with Crippen LogP contribution in [-0.4, -0.2) is 35.7 Å². The number of nitrogens with zero attached hydrogens (tertiary/aromatic N) is 1. The lowest BCUT2D eigenvalue weighted by Gasteiger charge is -2.32. The molecule has 1 heterocycles. The minimum atomic E-state index is 0.157. The number of phenols is 1. The molecule has 0 unspecified atom stereocenters. The Morgan fingerprint density at radius 2 is 2.05 bits per heavy atom. The molecule has 1 aliphatic heterocycles. The Bertz CT molecular complexity index is 430. The monoisotopic (exact) mass is 296 g/mol. The van der Waals surface area contributed by atoms with Gasteiger partial charge in [-0.1, -0.05) is 17.7 Å². The standard InChI is InChI=1S/C16H25ClN2O/c1-12(2)19(10-13-5-7-18-8-6-13)11-14-3-4-16(20)15(17)9-14/h3-4,9,12-13,18,20H,5-8,10-11H2,1-2H3. The molecule has 112 valence electrons. The summed E-state index contributed by atoms with van der Waals surface area (Å²) < 4.78 is 0. The van der Waals surface area contributed by atoms with Crippen LogP contribution in [0.1, 0.15) is 32.3 Å². The zero-order chi connectivity index (χ0) is 14.5. The maximum atomic E-state index is 9.50. The van der Waals surface area contributed by atoms with E-state index in [2.05, 4.69) is 24.1 Å². The largest absolute Gasteiger partial charge is 0.506 e. The van der Waals surface area contributed by atoms with Gasteiger partial charge in [-0.05, 0) is 63.4 Å². The van der Waals surface area contributed by atoms with Crippen molar-refractivity contribution in [2.24, 2.45) is 5.92 Å². The Kier molecular flexibility index (Phi) is 5.70. The van der Waals surface area contributed by atoms with Gasteiger partial charge in [0.05, 0.1) is 5.02 Å². The quantitative estimate of drug-likeness (QED) is 0.875. The number of halogens is 1. The third-order valence-corrected chi connectivity index (χ3v) is 4.38. The highest BCUT2D eigenvalue weighted by molar-refractivity contribution is 6.32. The third-order valence-electron chi connectivity index (χ3n) is 4.08. The van der Waals surface area contributed by atoms with E-state index in [4.69, 9.17) is 11.6 Å². The fourth-order valence-electron chi connectivity index (χ4n) is 2.74. The predicted octanol–water partition coefficient (Wildman–Crippen LogP) is 3.26. The molecule has 0 atom stereocenters. The number of nitrogens with one attached hydrogen (secondary N) is 1. The summed E-state index contributed by atoms with van der Waals surface area (Å²) in [6.07, 6.45) is 2.53. The number of rotatable bonds is 5. The molecule has 0 saturated carbocycles. The zero-order valence-electron chi connectivity index (χ0n) is 12.4. The molecule has 1 aliphatic rings. The molecule has 0 bridgehead atoms. The van der Waals surface area contributed by atoms with Gasteiger partial charge in [0.2, 0.25) is 0 Å². The first-order valence-corrected chi connectivity index (χ1v) is 7.86. The van der Waals surface area contributed by atoms with Crippen LogP contribution in [0.15, 0.2) is 18.2 Å². The summed E-state index contributed by atoms with van der Waals surface area (Å²) in [6, 6.07) is 6.02. The predicted molar refractivity (Wildman–Crippen MR) is 84.3 cm³/mol. The summed E-state index contributed by atoms with van der Waals surface area (Å²) in [6.45, 7) is 8.79. The van der Waals surface area contributed by atoms with Crippen LogP contribution >= 0.6 is 11.6 Å². The average molecular weight is 297 g/mol. The topological polar surface area (TPSA) is 35.5 Å². The van der Waals surface area contributed by atoms with Crippen molar-refractivity contribution >= 4 is 11.6 Å². The van der Waals surface area contributed by atoms with Gasteiger partial charge in [-0.15, -0.1) is 0 Å². The second-order valence-corrected chi connectivity index (χ2v) is 6.41. The lowest BCUT2D eigenvalue weighted by Crippen LogP contribution is -2.39. The normalized spacial score (nSPS) is 17.1. The summed E-state index contributed by atoms with van der Waals surface area (Å²) in [7, 11) is 0. The first kappa shape index (κ1) is 15.6. The fourth-order valence-corrected chi connectivity index (χ4v) is 2.94. The maximum Gasteiger partial charge on any atom is 0.134 e. The first-order chi connectivity index (χ1) is 9.56. The van der Waals surface area contributed by atoms with Crippen LogP contribution in [0.4, 0.5) is 0 Å². The summed E-state index contributed by atoms with van der Waals surface area (Å²) in [5.41, 5.74) is 1.16. The van der Waals surface area contributed by atoms with E-state index >= 15 is 0 Å². The van der Waals surface area contributed by atoms with E-state index in [-0.39, 0.29) is 5.75 Å². The van der Waals surface area contributed by atoms with Crippen molar-refractivity contribution in [1.82, 2.24) is 10.2 Å². The first-order valence-electron chi connectivity index (χ1n) is 7.48. The van der Waals surface area contributed by atoms with Gasteiger partial charge in [0.1, 0.15) is 5.75 Å². The Labute approximate surface area is 126 Å². The number of piperidine rings is 1. The van der Waals surface area contributed by atoms with Gasteiger partial charge < -0.3 is 10.4 Å².